The molecule has 2 aromatic carbocycles. The van der Waals surface area contributed by atoms with Gasteiger partial charge in [0.1, 0.15) is 22.6 Å². The zero-order valence-corrected chi connectivity index (χ0v) is 18.3. The van der Waals surface area contributed by atoms with Crippen LogP contribution < -0.4 is 9.47 Å². The second kappa shape index (κ2) is 8.00. The second-order valence-electron chi connectivity index (χ2n) is 7.64. The Balaban J connectivity index is 1.77. The smallest absolute Gasteiger partial charge is 0.310 e. The van der Waals surface area contributed by atoms with Crippen LogP contribution in [0.1, 0.15) is 31.7 Å². The monoisotopic (exact) mass is 428 g/mol. The molecule has 7 nitrogen and oxygen atoms in total. The molecule has 7 heteroatoms. The SMILES string of the molecule is CCC(=O)Oc1cn(Cc2ccc(OC)cc2)c2nc(CC)n3c4ccccc4nc3c12. The number of carbonyl (C=O) groups is 1. The summed E-state index contributed by atoms with van der Waals surface area (Å²) in [6, 6.07) is 15.9. The van der Waals surface area contributed by atoms with Gasteiger partial charge in [0, 0.05) is 25.6 Å². The molecule has 3 aromatic heterocycles. The van der Waals surface area contributed by atoms with Crippen LogP contribution in [0.3, 0.4) is 0 Å². The summed E-state index contributed by atoms with van der Waals surface area (Å²) in [5.74, 6) is 1.91. The fourth-order valence-corrected chi connectivity index (χ4v) is 4.04. The highest BCUT2D eigenvalue weighted by Crippen LogP contribution is 2.34. The Bertz CT molecular complexity index is 1450. The summed E-state index contributed by atoms with van der Waals surface area (Å²) in [7, 11) is 1.65. The number of aromatic nitrogens is 4. The number of hydrogen-bond acceptors (Lipinski definition) is 5. The van der Waals surface area contributed by atoms with Crippen molar-refractivity contribution in [2.75, 3.05) is 7.11 Å². The Morgan fingerprint density at radius 2 is 1.78 bits per heavy atom. The van der Waals surface area contributed by atoms with Crippen LogP contribution in [-0.2, 0) is 17.8 Å². The molecule has 0 aliphatic heterocycles. The number of nitrogens with zero attached hydrogens (tertiary/aromatic N) is 4. The predicted molar refractivity (Wildman–Crippen MR) is 123 cm³/mol. The van der Waals surface area contributed by atoms with Crippen LogP contribution >= 0.6 is 0 Å². The van der Waals surface area contributed by atoms with Crippen molar-refractivity contribution in [3.8, 4) is 11.5 Å². The highest BCUT2D eigenvalue weighted by molar-refractivity contribution is 6.01. The van der Waals surface area contributed by atoms with E-state index in [0.717, 1.165) is 51.3 Å². The number of ether oxygens (including phenoxy) is 2. The molecule has 3 heterocycles. The first-order chi connectivity index (χ1) is 15.6. The average Bonchev–Trinajstić information content (AvgIpc) is 3.37. The molecule has 0 saturated carbocycles. The van der Waals surface area contributed by atoms with Crippen LogP contribution in [-0.4, -0.2) is 32.0 Å². The van der Waals surface area contributed by atoms with E-state index >= 15 is 0 Å². The molecule has 0 radical (unpaired) electrons. The third-order valence-electron chi connectivity index (χ3n) is 5.63. The first-order valence-electron chi connectivity index (χ1n) is 10.8. The van der Waals surface area contributed by atoms with E-state index in [1.807, 2.05) is 59.3 Å². The molecule has 0 aliphatic rings. The minimum absolute atomic E-state index is 0.290. The molecule has 0 unspecified atom stereocenters. The highest BCUT2D eigenvalue weighted by atomic mass is 16.5. The van der Waals surface area contributed by atoms with Crippen LogP contribution in [0.15, 0.2) is 54.7 Å². The third kappa shape index (κ3) is 3.26. The number of hydrogen-bond donors (Lipinski definition) is 0. The lowest BCUT2D eigenvalue weighted by Crippen LogP contribution is -2.06. The highest BCUT2D eigenvalue weighted by Gasteiger charge is 2.22. The standard InChI is InChI=1S/C25H24N4O3/c1-4-21-27-24-23(25-26-18-8-6-7-9-19(18)29(21)25)20(32-22(30)5-2)15-28(24)14-16-10-12-17(31-3)13-11-16/h6-13,15H,4-5,14H2,1-3H3. The topological polar surface area (TPSA) is 70.7 Å². The third-order valence-corrected chi connectivity index (χ3v) is 5.63. The maximum atomic E-state index is 12.2. The van der Waals surface area contributed by atoms with Crippen molar-refractivity contribution in [2.24, 2.45) is 0 Å². The van der Waals surface area contributed by atoms with E-state index in [1.54, 1.807) is 14.0 Å². The van der Waals surface area contributed by atoms with Crippen LogP contribution in [0.2, 0.25) is 0 Å². The van der Waals surface area contributed by atoms with Gasteiger partial charge in [-0.3, -0.25) is 9.20 Å². The van der Waals surface area contributed by atoms with Crippen molar-refractivity contribution in [3.05, 3.63) is 66.1 Å². The lowest BCUT2D eigenvalue weighted by molar-refractivity contribution is -0.133. The minimum atomic E-state index is -0.290. The summed E-state index contributed by atoms with van der Waals surface area (Å²) < 4.78 is 15.1. The fourth-order valence-electron chi connectivity index (χ4n) is 4.04. The van der Waals surface area contributed by atoms with Gasteiger partial charge in [0.05, 0.1) is 18.1 Å². The number of benzene rings is 2. The molecular formula is C25H24N4O3. The average molecular weight is 428 g/mol. The Kier molecular flexibility index (Phi) is 5.01. The van der Waals surface area contributed by atoms with E-state index in [-0.39, 0.29) is 5.97 Å². The first-order valence-corrected chi connectivity index (χ1v) is 10.8. The van der Waals surface area contributed by atoms with Crippen LogP contribution in [0, 0.1) is 0 Å². The Morgan fingerprint density at radius 3 is 2.50 bits per heavy atom. The van der Waals surface area contributed by atoms with Gasteiger partial charge in [-0.05, 0) is 29.8 Å². The van der Waals surface area contributed by atoms with Gasteiger partial charge >= 0.3 is 5.97 Å². The first kappa shape index (κ1) is 20.1. The molecule has 0 fully saturated rings. The van der Waals surface area contributed by atoms with Crippen molar-refractivity contribution in [1.29, 1.82) is 0 Å². The van der Waals surface area contributed by atoms with E-state index in [2.05, 4.69) is 11.3 Å². The molecule has 0 aliphatic carbocycles. The van der Waals surface area contributed by atoms with Gasteiger partial charge in [-0.25, -0.2) is 9.97 Å². The normalized spacial score (nSPS) is 11.5. The number of rotatable bonds is 6. The Hall–Kier alpha value is -3.87. The fraction of sp³-hybridized carbons (Fsp3) is 0.240. The summed E-state index contributed by atoms with van der Waals surface area (Å²) >= 11 is 0. The van der Waals surface area contributed by atoms with Crippen LogP contribution in [0.4, 0.5) is 0 Å². The zero-order valence-electron chi connectivity index (χ0n) is 18.3. The van der Waals surface area contributed by atoms with Gasteiger partial charge in [-0.15, -0.1) is 0 Å². The van der Waals surface area contributed by atoms with Crippen molar-refractivity contribution in [2.45, 2.75) is 33.2 Å². The predicted octanol–water partition coefficient (Wildman–Crippen LogP) is 4.77. The minimum Gasteiger partial charge on any atom is -0.497 e. The van der Waals surface area contributed by atoms with E-state index in [0.29, 0.717) is 18.7 Å². The molecule has 0 bridgehead atoms. The summed E-state index contributed by atoms with van der Waals surface area (Å²) in [5, 5.41) is 0.744. The number of methoxy groups -OCH3 is 1. The lowest BCUT2D eigenvalue weighted by Gasteiger charge is -2.09. The van der Waals surface area contributed by atoms with Gasteiger partial charge in [0.25, 0.3) is 0 Å². The van der Waals surface area contributed by atoms with E-state index in [1.165, 1.54) is 0 Å². The summed E-state index contributed by atoms with van der Waals surface area (Å²) in [6.45, 7) is 4.44. The van der Waals surface area contributed by atoms with Crippen molar-refractivity contribution in [3.63, 3.8) is 0 Å². The zero-order chi connectivity index (χ0) is 22.2. The number of fused-ring (bicyclic) bond motifs is 5. The molecule has 0 saturated heterocycles. The van der Waals surface area contributed by atoms with Crippen LogP contribution in [0.25, 0.3) is 27.7 Å². The Morgan fingerprint density at radius 1 is 1.00 bits per heavy atom. The largest absolute Gasteiger partial charge is 0.497 e. The second-order valence-corrected chi connectivity index (χ2v) is 7.64. The van der Waals surface area contributed by atoms with Crippen molar-refractivity contribution < 1.29 is 14.3 Å². The maximum Gasteiger partial charge on any atom is 0.310 e. The van der Waals surface area contributed by atoms with E-state index in [4.69, 9.17) is 19.4 Å². The van der Waals surface area contributed by atoms with E-state index in [9.17, 15) is 4.79 Å². The van der Waals surface area contributed by atoms with Gasteiger partial charge < -0.3 is 14.0 Å². The lowest BCUT2D eigenvalue weighted by atomic mass is 10.2. The van der Waals surface area contributed by atoms with Gasteiger partial charge in [-0.2, -0.15) is 0 Å². The quantitative estimate of drug-likeness (QED) is 0.364. The van der Waals surface area contributed by atoms with Gasteiger partial charge in [0.2, 0.25) is 0 Å². The number of imidazole rings is 1. The molecule has 0 N–H and O–H groups in total. The molecular weight excluding hydrogens is 404 g/mol. The Labute approximate surface area is 185 Å². The summed E-state index contributed by atoms with van der Waals surface area (Å²) in [4.78, 5) is 22.1. The molecule has 32 heavy (non-hydrogen) atoms. The van der Waals surface area contributed by atoms with Crippen molar-refractivity contribution >= 4 is 33.7 Å². The van der Waals surface area contributed by atoms with Gasteiger partial charge in [-0.1, -0.05) is 38.1 Å². The number of aryl methyl sites for hydroxylation is 1. The summed E-state index contributed by atoms with van der Waals surface area (Å²) in [5.41, 5.74) is 4.46. The van der Waals surface area contributed by atoms with Crippen LogP contribution in [0.5, 0.6) is 11.5 Å². The van der Waals surface area contributed by atoms with Crippen molar-refractivity contribution in [1.82, 2.24) is 18.9 Å². The molecule has 0 atom stereocenters. The number of esters is 1. The van der Waals surface area contributed by atoms with Gasteiger partial charge in [0.15, 0.2) is 11.4 Å². The molecule has 162 valence electrons. The number of carbonyl (C=O) groups excluding carboxylic acids is 1. The van der Waals surface area contributed by atoms with E-state index < -0.39 is 0 Å². The molecule has 5 rings (SSSR count). The maximum absolute atomic E-state index is 12.2. The summed E-state index contributed by atoms with van der Waals surface area (Å²) in [6.07, 6.45) is 2.89. The molecule has 5 aromatic rings. The number of para-hydroxylation sites is 2. The molecule has 0 spiro atoms. The molecule has 0 amide bonds.